The van der Waals surface area contributed by atoms with E-state index in [9.17, 15) is 9.59 Å². The van der Waals surface area contributed by atoms with Crippen LogP contribution in [0.15, 0.2) is 98.8 Å². The molecule has 3 aromatic heterocycles. The molecule has 0 bridgehead atoms. The van der Waals surface area contributed by atoms with Crippen LogP contribution in [-0.4, -0.2) is 37.9 Å². The Kier molecular flexibility index (Phi) is 6.89. The highest BCUT2D eigenvalue weighted by Gasteiger charge is 2.17. The number of fused-ring (bicyclic) bond motifs is 2. The zero-order valence-electron chi connectivity index (χ0n) is 24.5. The Morgan fingerprint density at radius 1 is 0.778 bits per heavy atom. The Bertz CT molecular complexity index is 2300. The van der Waals surface area contributed by atoms with Crippen molar-refractivity contribution in [2.75, 3.05) is 7.11 Å². The first-order valence-electron chi connectivity index (χ1n) is 14.0. The number of rotatable bonds is 7. The second kappa shape index (κ2) is 11.2. The number of nitrogens with zero attached hydrogens (tertiary/aromatic N) is 5. The summed E-state index contributed by atoms with van der Waals surface area (Å²) in [4.78, 5) is 34.8. The summed E-state index contributed by atoms with van der Waals surface area (Å²) in [6, 6.07) is 25.7. The number of pyridine rings is 1. The molecule has 0 fully saturated rings. The first kappa shape index (κ1) is 27.7. The summed E-state index contributed by atoms with van der Waals surface area (Å²) < 4.78 is 23.1. The molecule has 222 valence electrons. The number of methoxy groups -OCH3 is 1. The number of hydrogen-bond donors (Lipinski definition) is 0. The minimum absolute atomic E-state index is 0.174. The van der Waals surface area contributed by atoms with Crippen molar-refractivity contribution in [2.24, 2.45) is 0 Å². The molecule has 3 heterocycles. The molecule has 0 aliphatic heterocycles. The van der Waals surface area contributed by atoms with E-state index in [4.69, 9.17) is 18.5 Å². The molecule has 0 radical (unpaired) electrons. The Morgan fingerprint density at radius 3 is 2.20 bits per heavy atom. The van der Waals surface area contributed by atoms with Gasteiger partial charge in [-0.05, 0) is 52.7 Å². The van der Waals surface area contributed by atoms with Crippen LogP contribution in [0.3, 0.4) is 0 Å². The first-order chi connectivity index (χ1) is 21.8. The van der Waals surface area contributed by atoms with Crippen LogP contribution in [-0.2, 0) is 11.3 Å². The smallest absolute Gasteiger partial charge is 0.338 e. The van der Waals surface area contributed by atoms with E-state index in [0.717, 1.165) is 27.5 Å². The Labute approximate surface area is 255 Å². The Balaban J connectivity index is 1.28. The second-order valence-electron chi connectivity index (χ2n) is 10.5. The van der Waals surface area contributed by atoms with Gasteiger partial charge in [0, 0.05) is 42.5 Å². The normalized spacial score (nSPS) is 11.3. The highest BCUT2D eigenvalue weighted by molar-refractivity contribution is 6.03. The van der Waals surface area contributed by atoms with Crippen LogP contribution >= 0.6 is 0 Å². The van der Waals surface area contributed by atoms with Crippen LogP contribution in [0, 0.1) is 13.8 Å². The fraction of sp³-hybridized carbons (Fsp3) is 0.118. The van der Waals surface area contributed by atoms with Gasteiger partial charge in [0.15, 0.2) is 0 Å². The van der Waals surface area contributed by atoms with Gasteiger partial charge in [0.1, 0.15) is 11.5 Å². The number of aryl methyl sites for hydroxylation is 2. The fourth-order valence-corrected chi connectivity index (χ4v) is 5.25. The van der Waals surface area contributed by atoms with Gasteiger partial charge in [0.2, 0.25) is 23.4 Å². The molecule has 0 spiro atoms. The summed E-state index contributed by atoms with van der Waals surface area (Å²) in [5.74, 6) is 2.30. The molecule has 4 aromatic carbocycles. The van der Waals surface area contributed by atoms with Crippen LogP contribution in [0.25, 0.3) is 44.5 Å². The van der Waals surface area contributed by atoms with Gasteiger partial charge in [-0.3, -0.25) is 4.79 Å². The van der Waals surface area contributed by atoms with Crippen LogP contribution in [0.1, 0.15) is 27.7 Å². The summed E-state index contributed by atoms with van der Waals surface area (Å²) >= 11 is 0. The molecule has 45 heavy (non-hydrogen) atoms. The molecule has 0 aliphatic rings. The lowest BCUT2D eigenvalue weighted by molar-refractivity contribution is 0.0602. The molecule has 0 saturated heterocycles. The molecule has 0 N–H and O–H groups in total. The summed E-state index contributed by atoms with van der Waals surface area (Å²) in [6.07, 6.45) is 0. The number of carbonyl (C=O) groups is 1. The van der Waals surface area contributed by atoms with E-state index < -0.39 is 5.97 Å². The third-order valence-corrected chi connectivity index (χ3v) is 7.38. The lowest BCUT2D eigenvalue weighted by atomic mass is 10.0. The monoisotopic (exact) mass is 599 g/mol. The highest BCUT2D eigenvalue weighted by Crippen LogP contribution is 2.30. The third kappa shape index (κ3) is 5.42. The van der Waals surface area contributed by atoms with Crippen LogP contribution in [0.4, 0.5) is 0 Å². The van der Waals surface area contributed by atoms with E-state index in [-0.39, 0.29) is 17.7 Å². The van der Waals surface area contributed by atoms with Gasteiger partial charge in [0.05, 0.1) is 24.7 Å². The van der Waals surface area contributed by atoms with E-state index in [1.54, 1.807) is 48.7 Å². The van der Waals surface area contributed by atoms with E-state index in [0.29, 0.717) is 45.8 Å². The number of hydrogen-bond acceptors (Lipinski definition) is 10. The minimum Gasteiger partial charge on any atom is -0.465 e. The molecule has 0 saturated carbocycles. The van der Waals surface area contributed by atoms with Crippen molar-refractivity contribution in [1.82, 2.24) is 24.8 Å². The lowest BCUT2D eigenvalue weighted by Crippen LogP contribution is -2.23. The molecule has 0 amide bonds. The predicted molar refractivity (Wildman–Crippen MR) is 165 cm³/mol. The van der Waals surface area contributed by atoms with Gasteiger partial charge >= 0.3 is 5.97 Å². The van der Waals surface area contributed by atoms with Crippen molar-refractivity contribution >= 4 is 27.6 Å². The SMILES string of the molecule is COC(=O)c1cc(=O)n(Cc2ccc3ccc(-c4noc(C)n4)cc3c2)c2cc(Oc3cccc(-c4noc(C)n4)c3)ccc12. The average Bonchev–Trinajstić information content (AvgIpc) is 3.69. The standard InChI is InChI=1S/C34H25N5O6/c1-19-35-32(37-44-19)23-5-4-6-26(15-23)43-27-11-12-28-29(34(41)42-3)17-31(40)39(30(28)16-27)18-21-7-8-22-9-10-24(14-25(22)13-21)33-36-20(2)45-38-33/h4-17H,18H2,1-3H3. The molecule has 0 atom stereocenters. The van der Waals surface area contributed by atoms with Crippen molar-refractivity contribution in [1.29, 1.82) is 0 Å². The van der Waals surface area contributed by atoms with Crippen molar-refractivity contribution in [3.05, 3.63) is 118 Å². The van der Waals surface area contributed by atoms with Crippen molar-refractivity contribution in [2.45, 2.75) is 20.4 Å². The first-order valence-corrected chi connectivity index (χ1v) is 14.0. The minimum atomic E-state index is -0.601. The summed E-state index contributed by atoms with van der Waals surface area (Å²) in [5, 5.41) is 10.5. The maximum Gasteiger partial charge on any atom is 0.338 e. The largest absolute Gasteiger partial charge is 0.465 e. The molecule has 7 aromatic rings. The maximum atomic E-state index is 13.5. The van der Waals surface area contributed by atoms with Crippen molar-refractivity contribution in [3.63, 3.8) is 0 Å². The number of esters is 1. The molecule has 7 rings (SSSR count). The third-order valence-electron chi connectivity index (χ3n) is 7.38. The van der Waals surface area contributed by atoms with Gasteiger partial charge in [0.25, 0.3) is 5.56 Å². The van der Waals surface area contributed by atoms with E-state index in [1.807, 2.05) is 48.5 Å². The topological polar surface area (TPSA) is 135 Å². The van der Waals surface area contributed by atoms with Gasteiger partial charge in [-0.2, -0.15) is 9.97 Å². The number of aromatic nitrogens is 5. The van der Waals surface area contributed by atoms with Gasteiger partial charge < -0.3 is 23.1 Å². The summed E-state index contributed by atoms with van der Waals surface area (Å²) in [5.41, 5.74) is 2.76. The molecular weight excluding hydrogens is 574 g/mol. The maximum absolute atomic E-state index is 13.5. The van der Waals surface area contributed by atoms with Crippen molar-refractivity contribution < 1.29 is 23.3 Å². The molecule has 0 aliphatic carbocycles. The zero-order chi connectivity index (χ0) is 31.1. The Hall–Kier alpha value is -6.10. The van der Waals surface area contributed by atoms with E-state index >= 15 is 0 Å². The fourth-order valence-electron chi connectivity index (χ4n) is 5.25. The van der Waals surface area contributed by atoms with Crippen LogP contribution in [0.5, 0.6) is 11.5 Å². The zero-order valence-corrected chi connectivity index (χ0v) is 24.5. The quantitative estimate of drug-likeness (QED) is 0.187. The van der Waals surface area contributed by atoms with Gasteiger partial charge in [-0.15, -0.1) is 0 Å². The lowest BCUT2D eigenvalue weighted by Gasteiger charge is -2.15. The summed E-state index contributed by atoms with van der Waals surface area (Å²) in [7, 11) is 1.29. The number of benzene rings is 4. The summed E-state index contributed by atoms with van der Waals surface area (Å²) in [6.45, 7) is 3.71. The van der Waals surface area contributed by atoms with E-state index in [2.05, 4.69) is 20.3 Å². The van der Waals surface area contributed by atoms with Crippen LogP contribution in [0.2, 0.25) is 0 Å². The van der Waals surface area contributed by atoms with Crippen LogP contribution < -0.4 is 10.3 Å². The number of carbonyl (C=O) groups excluding carboxylic acids is 1. The van der Waals surface area contributed by atoms with E-state index in [1.165, 1.54) is 13.2 Å². The molecule has 0 unspecified atom stereocenters. The predicted octanol–water partition coefficient (Wildman–Crippen LogP) is 6.50. The highest BCUT2D eigenvalue weighted by atomic mass is 16.5. The molecule has 11 nitrogen and oxygen atoms in total. The average molecular weight is 600 g/mol. The number of ether oxygens (including phenoxy) is 2. The Morgan fingerprint density at radius 2 is 1.49 bits per heavy atom. The van der Waals surface area contributed by atoms with Crippen molar-refractivity contribution in [3.8, 4) is 34.3 Å². The van der Waals surface area contributed by atoms with Gasteiger partial charge in [-0.25, -0.2) is 4.79 Å². The molecular formula is C34H25N5O6. The second-order valence-corrected chi connectivity index (χ2v) is 10.5. The molecule has 11 heteroatoms. The van der Waals surface area contributed by atoms with Gasteiger partial charge in [-0.1, -0.05) is 46.7 Å².